The lowest BCUT2D eigenvalue weighted by Gasteiger charge is -2.09. The van der Waals surface area contributed by atoms with Crippen molar-refractivity contribution in [2.24, 2.45) is 0 Å². The highest BCUT2D eigenvalue weighted by Crippen LogP contribution is 2.23. The van der Waals surface area contributed by atoms with Gasteiger partial charge in [-0.2, -0.15) is 0 Å². The van der Waals surface area contributed by atoms with Crippen molar-refractivity contribution in [1.82, 2.24) is 0 Å². The van der Waals surface area contributed by atoms with Crippen LogP contribution in [0.25, 0.3) is 0 Å². The molecule has 6 heteroatoms. The van der Waals surface area contributed by atoms with E-state index >= 15 is 0 Å². The van der Waals surface area contributed by atoms with Crippen molar-refractivity contribution in [2.75, 3.05) is 0 Å². The molecule has 0 aliphatic heterocycles. The van der Waals surface area contributed by atoms with Crippen LogP contribution in [0.5, 0.6) is 11.5 Å². The molecular formula is C13H12BFO4. The Morgan fingerprint density at radius 3 is 2.42 bits per heavy atom. The molecule has 2 aromatic rings. The third-order valence-electron chi connectivity index (χ3n) is 2.38. The zero-order chi connectivity index (χ0) is 13.7. The third-order valence-corrected chi connectivity index (χ3v) is 2.38. The van der Waals surface area contributed by atoms with Crippen LogP contribution in [0.3, 0.4) is 0 Å². The summed E-state index contributed by atoms with van der Waals surface area (Å²) in [6.45, 7) is 0.323. The monoisotopic (exact) mass is 262 g/mol. The largest absolute Gasteiger partial charge is 0.707 e. The first-order valence-corrected chi connectivity index (χ1v) is 5.64. The summed E-state index contributed by atoms with van der Waals surface area (Å²) in [7, 11) is -2.05. The van der Waals surface area contributed by atoms with E-state index < -0.39 is 13.1 Å². The first-order valence-electron chi connectivity index (χ1n) is 5.64. The van der Waals surface area contributed by atoms with E-state index in [4.69, 9.17) is 14.8 Å². The van der Waals surface area contributed by atoms with E-state index in [1.165, 1.54) is 12.1 Å². The molecule has 0 saturated heterocycles. The number of benzene rings is 2. The summed E-state index contributed by atoms with van der Waals surface area (Å²) in [5.41, 5.74) is 0.967. The quantitative estimate of drug-likeness (QED) is 0.806. The van der Waals surface area contributed by atoms with Crippen LogP contribution in [0.2, 0.25) is 0 Å². The molecule has 0 aliphatic carbocycles. The molecule has 0 saturated carbocycles. The van der Waals surface area contributed by atoms with Crippen LogP contribution in [0.15, 0.2) is 48.5 Å². The SMILES string of the molecule is OB(O)Oc1ccc(OCc2ccccc2)cc1F. The second-order valence-corrected chi connectivity index (χ2v) is 3.81. The third kappa shape index (κ3) is 3.98. The summed E-state index contributed by atoms with van der Waals surface area (Å²) < 4.78 is 23.4. The summed E-state index contributed by atoms with van der Waals surface area (Å²) in [4.78, 5) is 0. The molecule has 2 N–H and O–H groups in total. The van der Waals surface area contributed by atoms with Gasteiger partial charge in [-0.1, -0.05) is 30.3 Å². The van der Waals surface area contributed by atoms with E-state index in [0.717, 1.165) is 11.6 Å². The number of rotatable bonds is 5. The topological polar surface area (TPSA) is 58.9 Å². The molecule has 0 aliphatic rings. The van der Waals surface area contributed by atoms with Crippen LogP contribution in [0.1, 0.15) is 5.56 Å². The molecule has 0 radical (unpaired) electrons. The molecule has 19 heavy (non-hydrogen) atoms. The number of hydrogen-bond acceptors (Lipinski definition) is 4. The van der Waals surface area contributed by atoms with E-state index in [-0.39, 0.29) is 5.75 Å². The van der Waals surface area contributed by atoms with Gasteiger partial charge in [0.05, 0.1) is 0 Å². The lowest BCUT2D eigenvalue weighted by molar-refractivity contribution is 0.279. The maximum absolute atomic E-state index is 13.5. The Bertz CT molecular complexity index is 533. The molecule has 0 fully saturated rings. The van der Waals surface area contributed by atoms with Crippen LogP contribution >= 0.6 is 0 Å². The minimum absolute atomic E-state index is 0.248. The fraction of sp³-hybridized carbons (Fsp3) is 0.0769. The molecule has 0 spiro atoms. The Morgan fingerprint density at radius 1 is 1.05 bits per heavy atom. The van der Waals surface area contributed by atoms with Gasteiger partial charge in [0.1, 0.15) is 18.1 Å². The molecule has 0 amide bonds. The minimum atomic E-state index is -2.05. The second-order valence-electron chi connectivity index (χ2n) is 3.81. The van der Waals surface area contributed by atoms with Gasteiger partial charge in [0, 0.05) is 6.07 Å². The van der Waals surface area contributed by atoms with Crippen LogP contribution in [0, 0.1) is 5.82 Å². The lowest BCUT2D eigenvalue weighted by Crippen LogP contribution is -2.21. The van der Waals surface area contributed by atoms with Gasteiger partial charge in [-0.25, -0.2) is 4.39 Å². The molecular weight excluding hydrogens is 250 g/mol. The van der Waals surface area contributed by atoms with Crippen LogP contribution in [-0.4, -0.2) is 17.4 Å². The van der Waals surface area contributed by atoms with Gasteiger partial charge in [0.2, 0.25) is 0 Å². The van der Waals surface area contributed by atoms with Crippen molar-refractivity contribution in [3.63, 3.8) is 0 Å². The fourth-order valence-electron chi connectivity index (χ4n) is 1.52. The molecule has 0 bridgehead atoms. The van der Waals surface area contributed by atoms with Gasteiger partial charge in [0.15, 0.2) is 5.82 Å². The van der Waals surface area contributed by atoms with Crippen LogP contribution in [0.4, 0.5) is 4.39 Å². The van der Waals surface area contributed by atoms with Gasteiger partial charge >= 0.3 is 7.32 Å². The first-order chi connectivity index (χ1) is 9.15. The Labute approximate surface area is 110 Å². The van der Waals surface area contributed by atoms with Crippen molar-refractivity contribution in [2.45, 2.75) is 6.61 Å². The summed E-state index contributed by atoms with van der Waals surface area (Å²) in [6, 6.07) is 13.4. The Morgan fingerprint density at radius 2 is 1.79 bits per heavy atom. The molecule has 0 atom stereocenters. The van der Waals surface area contributed by atoms with E-state index in [1.54, 1.807) is 0 Å². The molecule has 98 valence electrons. The standard InChI is InChI=1S/C13H12BFO4/c15-12-8-11(6-7-13(12)19-14(16)17)18-9-10-4-2-1-3-5-10/h1-8,16-17H,9H2. The number of ether oxygens (including phenoxy) is 1. The average Bonchev–Trinajstić information content (AvgIpc) is 2.40. The molecule has 0 unspecified atom stereocenters. The van der Waals surface area contributed by atoms with E-state index in [2.05, 4.69) is 4.65 Å². The van der Waals surface area contributed by atoms with E-state index in [9.17, 15) is 4.39 Å². The van der Waals surface area contributed by atoms with Crippen molar-refractivity contribution >= 4 is 7.32 Å². The van der Waals surface area contributed by atoms with Gasteiger partial charge in [0.25, 0.3) is 0 Å². The zero-order valence-corrected chi connectivity index (χ0v) is 9.99. The summed E-state index contributed by atoms with van der Waals surface area (Å²) in [5.74, 6) is -0.637. The smallest absolute Gasteiger partial charge is 0.510 e. The normalized spacial score (nSPS) is 10.1. The van der Waals surface area contributed by atoms with Crippen LogP contribution < -0.4 is 9.39 Å². The first kappa shape index (κ1) is 13.4. The average molecular weight is 262 g/mol. The Kier molecular flexibility index (Phi) is 4.38. The van der Waals surface area contributed by atoms with Crippen molar-refractivity contribution in [1.29, 1.82) is 0 Å². The van der Waals surface area contributed by atoms with E-state index in [1.807, 2.05) is 30.3 Å². The predicted molar refractivity (Wildman–Crippen MR) is 68.0 cm³/mol. The molecule has 2 aromatic carbocycles. The second kappa shape index (κ2) is 6.22. The van der Waals surface area contributed by atoms with Crippen molar-refractivity contribution < 1.29 is 23.8 Å². The van der Waals surface area contributed by atoms with Crippen molar-refractivity contribution in [3.05, 3.63) is 59.9 Å². The van der Waals surface area contributed by atoms with Crippen molar-refractivity contribution in [3.8, 4) is 11.5 Å². The van der Waals surface area contributed by atoms with Gasteiger partial charge in [-0.15, -0.1) is 0 Å². The molecule has 0 aromatic heterocycles. The molecule has 4 nitrogen and oxygen atoms in total. The van der Waals surface area contributed by atoms with Gasteiger partial charge < -0.3 is 19.4 Å². The predicted octanol–water partition coefficient (Wildman–Crippen LogP) is 1.75. The zero-order valence-electron chi connectivity index (χ0n) is 9.99. The number of hydrogen-bond donors (Lipinski definition) is 2. The Hall–Kier alpha value is -2.05. The minimum Gasteiger partial charge on any atom is -0.510 e. The summed E-state index contributed by atoms with van der Waals surface area (Å²) in [6.07, 6.45) is 0. The summed E-state index contributed by atoms with van der Waals surface area (Å²) >= 11 is 0. The van der Waals surface area contributed by atoms with Gasteiger partial charge in [-0.3, -0.25) is 0 Å². The Balaban J connectivity index is 2.00. The van der Waals surface area contributed by atoms with Crippen LogP contribution in [-0.2, 0) is 6.61 Å². The summed E-state index contributed by atoms with van der Waals surface area (Å²) in [5, 5.41) is 17.2. The highest BCUT2D eigenvalue weighted by atomic mass is 19.1. The molecule has 2 rings (SSSR count). The van der Waals surface area contributed by atoms with Gasteiger partial charge in [-0.05, 0) is 17.7 Å². The highest BCUT2D eigenvalue weighted by molar-refractivity contribution is 6.33. The van der Waals surface area contributed by atoms with E-state index in [0.29, 0.717) is 12.4 Å². The highest BCUT2D eigenvalue weighted by Gasteiger charge is 2.14. The maximum atomic E-state index is 13.5. The lowest BCUT2D eigenvalue weighted by atomic mass is 10.2. The maximum Gasteiger partial charge on any atom is 0.707 e. The molecule has 0 heterocycles. The fourth-order valence-corrected chi connectivity index (χ4v) is 1.52. The number of halogens is 1.